The Morgan fingerprint density at radius 3 is 2.44 bits per heavy atom. The van der Waals surface area contributed by atoms with Gasteiger partial charge < -0.3 is 14.7 Å². The van der Waals surface area contributed by atoms with Crippen LogP contribution in [0.4, 0.5) is 11.4 Å². The molecule has 0 aromatic heterocycles. The summed E-state index contributed by atoms with van der Waals surface area (Å²) in [5.74, 6) is 0.273. The third-order valence-electron chi connectivity index (χ3n) is 6.46. The standard InChI is InChI=1S/C23H29N3O/c1-17-7-6-10-21(18(17)2)25-15-13-24(14-16-25)19(3)23(27)26-12-11-20-8-4-5-9-22(20)26/h4-10,19H,11-16H2,1-3H3/p+1/t19-/m0/s1. The molecular formula is C23H30N3O+. The highest BCUT2D eigenvalue weighted by Crippen LogP contribution is 2.27. The van der Waals surface area contributed by atoms with E-state index in [0.29, 0.717) is 0 Å². The zero-order valence-corrected chi connectivity index (χ0v) is 16.7. The summed E-state index contributed by atoms with van der Waals surface area (Å²) in [6.45, 7) is 11.3. The minimum absolute atomic E-state index is 0.0110. The summed E-state index contributed by atoms with van der Waals surface area (Å²) in [6.07, 6.45) is 0.977. The first-order valence-corrected chi connectivity index (χ1v) is 10.1. The van der Waals surface area contributed by atoms with Crippen LogP contribution in [0.25, 0.3) is 0 Å². The zero-order valence-electron chi connectivity index (χ0n) is 16.7. The normalized spacial score (nSPS) is 18.5. The SMILES string of the molecule is Cc1cccc(N2CC[NH+]([C@@H](C)C(=O)N3CCc4ccccc43)CC2)c1C. The number of nitrogens with one attached hydrogen (secondary N) is 1. The summed E-state index contributed by atoms with van der Waals surface area (Å²) < 4.78 is 0. The highest BCUT2D eigenvalue weighted by atomic mass is 16.2. The van der Waals surface area contributed by atoms with E-state index in [4.69, 9.17) is 0 Å². The van der Waals surface area contributed by atoms with Gasteiger partial charge in [-0.25, -0.2) is 0 Å². The van der Waals surface area contributed by atoms with Crippen LogP contribution in [0.2, 0.25) is 0 Å². The third kappa shape index (κ3) is 3.34. The largest absolute Gasteiger partial charge is 0.360 e. The van der Waals surface area contributed by atoms with Gasteiger partial charge in [-0.2, -0.15) is 0 Å². The average Bonchev–Trinajstić information content (AvgIpc) is 3.13. The number of nitrogens with zero attached hydrogens (tertiary/aromatic N) is 2. The van der Waals surface area contributed by atoms with Crippen LogP contribution in [0.15, 0.2) is 42.5 Å². The van der Waals surface area contributed by atoms with Gasteiger partial charge in [0.25, 0.3) is 5.91 Å². The number of piperazine rings is 1. The van der Waals surface area contributed by atoms with Crippen molar-refractivity contribution in [2.24, 2.45) is 0 Å². The van der Waals surface area contributed by atoms with Crippen molar-refractivity contribution in [3.8, 4) is 0 Å². The van der Waals surface area contributed by atoms with Crippen LogP contribution in [-0.4, -0.2) is 44.7 Å². The van der Waals surface area contributed by atoms with Gasteiger partial charge in [-0.15, -0.1) is 0 Å². The highest BCUT2D eigenvalue weighted by molar-refractivity contribution is 5.97. The maximum atomic E-state index is 13.1. The minimum Gasteiger partial charge on any atom is -0.360 e. The molecular weight excluding hydrogens is 334 g/mol. The van der Waals surface area contributed by atoms with Gasteiger partial charge in [0.1, 0.15) is 0 Å². The second-order valence-corrected chi connectivity index (χ2v) is 7.95. The number of hydrogen-bond acceptors (Lipinski definition) is 2. The van der Waals surface area contributed by atoms with E-state index in [-0.39, 0.29) is 11.9 Å². The molecule has 2 heterocycles. The number of fused-ring (bicyclic) bond motifs is 1. The molecule has 1 atom stereocenters. The molecule has 1 saturated heterocycles. The molecule has 4 heteroatoms. The predicted molar refractivity (Wildman–Crippen MR) is 111 cm³/mol. The van der Waals surface area contributed by atoms with Crippen molar-refractivity contribution in [2.45, 2.75) is 33.2 Å². The monoisotopic (exact) mass is 364 g/mol. The van der Waals surface area contributed by atoms with E-state index in [1.165, 1.54) is 27.3 Å². The number of hydrogen-bond donors (Lipinski definition) is 1. The quantitative estimate of drug-likeness (QED) is 0.902. The molecule has 0 saturated carbocycles. The fourth-order valence-electron chi connectivity index (χ4n) is 4.52. The number of carbonyl (C=O) groups is 1. The lowest BCUT2D eigenvalue weighted by molar-refractivity contribution is -0.914. The number of benzene rings is 2. The molecule has 1 amide bonds. The van der Waals surface area contributed by atoms with Crippen molar-refractivity contribution in [2.75, 3.05) is 42.5 Å². The third-order valence-corrected chi connectivity index (χ3v) is 6.46. The lowest BCUT2D eigenvalue weighted by atomic mass is 10.1. The van der Waals surface area contributed by atoms with E-state index in [1.807, 2.05) is 11.0 Å². The predicted octanol–water partition coefficient (Wildman–Crippen LogP) is 1.99. The molecule has 2 aromatic rings. The van der Waals surface area contributed by atoms with Crippen LogP contribution in [0.3, 0.4) is 0 Å². The molecule has 142 valence electrons. The van der Waals surface area contributed by atoms with E-state index in [9.17, 15) is 4.79 Å². The second kappa shape index (κ2) is 7.35. The van der Waals surface area contributed by atoms with Gasteiger partial charge >= 0.3 is 0 Å². The number of aryl methyl sites for hydroxylation is 1. The number of amides is 1. The first-order valence-electron chi connectivity index (χ1n) is 10.1. The summed E-state index contributed by atoms with van der Waals surface area (Å²) in [5.41, 5.74) is 6.48. The Kier molecular flexibility index (Phi) is 4.92. The average molecular weight is 365 g/mol. The summed E-state index contributed by atoms with van der Waals surface area (Å²) in [6, 6.07) is 14.9. The topological polar surface area (TPSA) is 28.0 Å². The van der Waals surface area contributed by atoms with Crippen molar-refractivity contribution >= 4 is 17.3 Å². The van der Waals surface area contributed by atoms with E-state index in [1.54, 1.807) is 0 Å². The molecule has 0 unspecified atom stereocenters. The first-order chi connectivity index (χ1) is 13.1. The minimum atomic E-state index is 0.0110. The van der Waals surface area contributed by atoms with Gasteiger partial charge in [0.05, 0.1) is 26.2 Å². The van der Waals surface area contributed by atoms with Crippen LogP contribution >= 0.6 is 0 Å². The molecule has 2 aliphatic rings. The van der Waals surface area contributed by atoms with E-state index < -0.39 is 0 Å². The molecule has 4 rings (SSSR count). The van der Waals surface area contributed by atoms with Crippen molar-refractivity contribution in [3.05, 3.63) is 59.2 Å². The van der Waals surface area contributed by atoms with E-state index >= 15 is 0 Å². The van der Waals surface area contributed by atoms with Gasteiger partial charge in [0, 0.05) is 17.9 Å². The van der Waals surface area contributed by atoms with Crippen LogP contribution in [-0.2, 0) is 11.2 Å². The molecule has 4 nitrogen and oxygen atoms in total. The Balaban J connectivity index is 1.41. The molecule has 0 spiro atoms. The Morgan fingerprint density at radius 1 is 0.963 bits per heavy atom. The number of carbonyl (C=O) groups excluding carboxylic acids is 1. The van der Waals surface area contributed by atoms with Gasteiger partial charge in [-0.3, -0.25) is 4.79 Å². The molecule has 1 fully saturated rings. The molecule has 27 heavy (non-hydrogen) atoms. The van der Waals surface area contributed by atoms with Crippen molar-refractivity contribution in [1.29, 1.82) is 0 Å². The summed E-state index contributed by atoms with van der Waals surface area (Å²) in [4.78, 5) is 19.0. The smallest absolute Gasteiger partial charge is 0.284 e. The lowest BCUT2D eigenvalue weighted by Gasteiger charge is -2.37. The van der Waals surface area contributed by atoms with Crippen LogP contribution < -0.4 is 14.7 Å². The van der Waals surface area contributed by atoms with Crippen molar-refractivity contribution in [1.82, 2.24) is 0 Å². The number of para-hydroxylation sites is 1. The highest BCUT2D eigenvalue weighted by Gasteiger charge is 2.35. The number of anilines is 2. The number of rotatable bonds is 3. The summed E-state index contributed by atoms with van der Waals surface area (Å²) >= 11 is 0. The van der Waals surface area contributed by atoms with Gasteiger partial charge in [0.15, 0.2) is 6.04 Å². The fourth-order valence-corrected chi connectivity index (χ4v) is 4.52. The van der Waals surface area contributed by atoms with Gasteiger partial charge in [-0.05, 0) is 56.0 Å². The molecule has 2 aromatic carbocycles. The van der Waals surface area contributed by atoms with Crippen LogP contribution in [0.1, 0.15) is 23.6 Å². The second-order valence-electron chi connectivity index (χ2n) is 7.95. The van der Waals surface area contributed by atoms with Gasteiger partial charge in [-0.1, -0.05) is 30.3 Å². The molecule has 0 radical (unpaired) electrons. The maximum Gasteiger partial charge on any atom is 0.284 e. The maximum absolute atomic E-state index is 13.1. The Morgan fingerprint density at radius 2 is 1.67 bits per heavy atom. The Labute approximate surface area is 162 Å². The molecule has 0 bridgehead atoms. The number of quaternary nitrogens is 1. The van der Waals surface area contributed by atoms with Crippen molar-refractivity contribution < 1.29 is 9.69 Å². The zero-order chi connectivity index (χ0) is 19.0. The molecule has 2 aliphatic heterocycles. The summed E-state index contributed by atoms with van der Waals surface area (Å²) in [5, 5.41) is 0. The van der Waals surface area contributed by atoms with Crippen LogP contribution in [0, 0.1) is 13.8 Å². The Bertz CT molecular complexity index is 839. The molecule has 1 N–H and O–H groups in total. The lowest BCUT2D eigenvalue weighted by Crippen LogP contribution is -3.19. The van der Waals surface area contributed by atoms with E-state index in [2.05, 4.69) is 62.1 Å². The summed E-state index contributed by atoms with van der Waals surface area (Å²) in [7, 11) is 0. The Hall–Kier alpha value is -2.33. The molecule has 0 aliphatic carbocycles. The fraction of sp³-hybridized carbons (Fsp3) is 0.435. The van der Waals surface area contributed by atoms with E-state index in [0.717, 1.165) is 44.8 Å². The van der Waals surface area contributed by atoms with Crippen LogP contribution in [0.5, 0.6) is 0 Å². The van der Waals surface area contributed by atoms with Gasteiger partial charge in [0.2, 0.25) is 0 Å². The van der Waals surface area contributed by atoms with Crippen molar-refractivity contribution in [3.63, 3.8) is 0 Å². The first kappa shape index (κ1) is 18.1.